The van der Waals surface area contributed by atoms with Gasteiger partial charge in [0.25, 0.3) is 23.6 Å². The number of hydrogen-bond donors (Lipinski definition) is 7. The molecule has 590 valence electrons. The van der Waals surface area contributed by atoms with Gasteiger partial charge in [-0.25, -0.2) is 30.2 Å². The number of rotatable bonds is 17. The standard InChI is InChI=1S/C24H26ClN5O.C21H18ClN3O4S.C19H14ClIN2O3S.C19H16ClN3O3S/c1-15-13-30(14-16(2)27-15)23-10-8-19(17(3)28-23)24(31)29-18-7-9-21(25)20(12-18)22-6-4-5-11-26-22;1-13(26)24-20-12-15(30(2,28)29)7-8-16(20)21(27)25-14-6-9-18(22)17(11-14)19-5-3-4-10-23-19;2*1-27(25,26)13-6-7-14(17(21)11-13)19(24)23-12-5-8-16(20)15(10-12)18-4-2-3-9-22-18/h4-12,15-16,27H,13-14H2,1-3H3,(H,29,31);3-12H,1-2H3,(H,24,26)(H,25,27);2-11H,1H3,(H,23,24);2-11H,21H2,1H3,(H,23,24)/t15-,16+;;;. The molecule has 1 aliphatic rings. The van der Waals surface area contributed by atoms with Gasteiger partial charge in [-0.05, 0) is 231 Å². The molecule has 6 heterocycles. The first-order valence-electron chi connectivity index (χ1n) is 34.9. The minimum absolute atomic E-state index is 0.00766. The van der Waals surface area contributed by atoms with Crippen molar-refractivity contribution in [2.24, 2.45) is 0 Å². The molecule has 24 nitrogen and oxygen atoms in total. The maximum atomic E-state index is 12.9. The number of halogens is 5. The van der Waals surface area contributed by atoms with Crippen LogP contribution in [-0.4, -0.2) is 124 Å². The first-order chi connectivity index (χ1) is 54.6. The number of carbonyl (C=O) groups excluding carboxylic acids is 5. The summed E-state index contributed by atoms with van der Waals surface area (Å²) >= 11 is 27.1. The average Bonchev–Trinajstić information content (AvgIpc) is 0.776. The maximum Gasteiger partial charge on any atom is 0.257 e. The number of sulfone groups is 3. The van der Waals surface area contributed by atoms with E-state index in [1.165, 1.54) is 61.5 Å². The highest BCUT2D eigenvalue weighted by Gasteiger charge is 2.25. The first-order valence-corrected chi connectivity index (χ1v) is 43.1. The quantitative estimate of drug-likeness (QED) is 0.0329. The molecule has 0 aliphatic carbocycles. The van der Waals surface area contributed by atoms with Gasteiger partial charge in [0.1, 0.15) is 5.82 Å². The monoisotopic (exact) mass is 1790 g/mol. The number of aryl methyl sites for hydroxylation is 1. The molecule has 0 bridgehead atoms. The Morgan fingerprint density at radius 1 is 0.426 bits per heavy atom. The Bertz CT molecular complexity index is 5830. The van der Waals surface area contributed by atoms with Gasteiger partial charge in [0, 0.05) is 130 Å². The summed E-state index contributed by atoms with van der Waals surface area (Å²) in [6, 6.07) is 59.4. The van der Waals surface area contributed by atoms with E-state index < -0.39 is 47.2 Å². The van der Waals surface area contributed by atoms with E-state index in [-0.39, 0.29) is 49.0 Å². The molecular weight excluding hydrogens is 1720 g/mol. The lowest BCUT2D eigenvalue weighted by Crippen LogP contribution is -2.54. The summed E-state index contributed by atoms with van der Waals surface area (Å²) < 4.78 is 70.6. The van der Waals surface area contributed by atoms with Gasteiger partial charge >= 0.3 is 0 Å². The van der Waals surface area contributed by atoms with Gasteiger partial charge < -0.3 is 42.5 Å². The number of amides is 5. The molecule has 0 radical (unpaired) electrons. The summed E-state index contributed by atoms with van der Waals surface area (Å²) in [4.78, 5) is 86.8. The molecule has 0 unspecified atom stereocenters. The smallest absolute Gasteiger partial charge is 0.257 e. The average molecular weight is 1790 g/mol. The molecule has 1 saturated heterocycles. The fourth-order valence-corrected chi connectivity index (χ4v) is 15.5. The third-order valence-electron chi connectivity index (χ3n) is 17.1. The van der Waals surface area contributed by atoms with Crippen LogP contribution in [0.15, 0.2) is 252 Å². The zero-order chi connectivity index (χ0) is 83.1. The summed E-state index contributed by atoms with van der Waals surface area (Å²) in [5.41, 5.74) is 15.7. The highest BCUT2D eigenvalue weighted by Crippen LogP contribution is 2.35. The summed E-state index contributed by atoms with van der Waals surface area (Å²) in [6.07, 6.45) is 9.93. The van der Waals surface area contributed by atoms with Crippen molar-refractivity contribution in [3.8, 4) is 45.0 Å². The topological polar surface area (TPSA) is 354 Å². The van der Waals surface area contributed by atoms with Crippen LogP contribution >= 0.6 is 69.0 Å². The number of nitrogens with one attached hydrogen (secondary N) is 6. The summed E-state index contributed by atoms with van der Waals surface area (Å²) in [5.74, 6) is -1.05. The summed E-state index contributed by atoms with van der Waals surface area (Å²) in [7, 11) is -10.2. The molecule has 5 amide bonds. The van der Waals surface area contributed by atoms with Crippen LogP contribution in [0.4, 0.5) is 39.9 Å². The lowest BCUT2D eigenvalue weighted by Gasteiger charge is -2.37. The van der Waals surface area contributed by atoms with Gasteiger partial charge in [0.15, 0.2) is 29.5 Å². The Morgan fingerprint density at radius 2 is 0.757 bits per heavy atom. The van der Waals surface area contributed by atoms with Crippen molar-refractivity contribution in [1.29, 1.82) is 0 Å². The van der Waals surface area contributed by atoms with E-state index in [0.29, 0.717) is 109 Å². The van der Waals surface area contributed by atoms with Crippen molar-refractivity contribution in [2.45, 2.75) is 54.5 Å². The van der Waals surface area contributed by atoms with Crippen LogP contribution in [0.25, 0.3) is 45.0 Å². The van der Waals surface area contributed by atoms with Gasteiger partial charge in [-0.2, -0.15) is 0 Å². The number of pyridine rings is 5. The van der Waals surface area contributed by atoms with Gasteiger partial charge in [-0.1, -0.05) is 70.7 Å². The van der Waals surface area contributed by atoms with Gasteiger partial charge in [-0.15, -0.1) is 0 Å². The Morgan fingerprint density at radius 3 is 1.10 bits per heavy atom. The minimum Gasteiger partial charge on any atom is -0.398 e. The fraction of sp³-hybridized carbons (Fsp3) is 0.133. The molecule has 1 fully saturated rings. The van der Waals surface area contributed by atoms with Gasteiger partial charge in [0.05, 0.1) is 91.2 Å². The van der Waals surface area contributed by atoms with Crippen LogP contribution in [0, 0.1) is 10.5 Å². The van der Waals surface area contributed by atoms with Crippen molar-refractivity contribution in [1.82, 2.24) is 30.2 Å². The summed E-state index contributed by atoms with van der Waals surface area (Å²) in [5, 5.41) is 19.4. The normalized spacial score (nSPS) is 13.2. The highest BCUT2D eigenvalue weighted by atomic mass is 127. The van der Waals surface area contributed by atoms with E-state index in [2.05, 4.69) is 70.6 Å². The number of piperazine rings is 1. The molecule has 5 aromatic heterocycles. The van der Waals surface area contributed by atoms with Crippen LogP contribution in [-0.2, 0) is 34.3 Å². The van der Waals surface area contributed by atoms with Crippen molar-refractivity contribution < 1.29 is 49.2 Å². The van der Waals surface area contributed by atoms with Gasteiger partial charge in [0.2, 0.25) is 5.91 Å². The molecule has 115 heavy (non-hydrogen) atoms. The number of nitrogens with two attached hydrogens (primary N) is 1. The number of aromatic nitrogens is 5. The third kappa shape index (κ3) is 23.6. The zero-order valence-electron chi connectivity index (χ0n) is 62.5. The SMILES string of the molecule is CC(=O)Nc1cc(S(C)(=O)=O)ccc1C(=O)Nc1ccc(Cl)c(-c2ccccn2)c1.CS(=O)(=O)c1ccc(C(=O)Nc2ccc(Cl)c(-c3ccccn3)c2)c(I)c1.CS(=O)(=O)c1ccc(C(=O)Nc2ccc(Cl)c(-c3ccccn3)c2)c(N)c1.Cc1nc(N2C[C@@H](C)N[C@@H](C)C2)ccc1C(=O)Nc1ccc(Cl)c(-c2ccccn2)c1. The molecule has 13 rings (SSSR count). The molecule has 32 heteroatoms. The molecule has 0 spiro atoms. The van der Waals surface area contributed by atoms with Crippen LogP contribution < -0.4 is 42.5 Å². The fourth-order valence-electron chi connectivity index (χ4n) is 11.7. The van der Waals surface area contributed by atoms with Crippen LogP contribution in [0.2, 0.25) is 20.1 Å². The number of anilines is 7. The number of benzene rings is 7. The van der Waals surface area contributed by atoms with Crippen LogP contribution in [0.3, 0.4) is 0 Å². The second-order valence-electron chi connectivity index (χ2n) is 26.2. The van der Waals surface area contributed by atoms with E-state index in [1.807, 2.05) is 102 Å². The summed E-state index contributed by atoms with van der Waals surface area (Å²) in [6.45, 7) is 9.26. The first kappa shape index (κ1) is 86.3. The van der Waals surface area contributed by atoms with Crippen molar-refractivity contribution in [3.05, 3.63) is 289 Å². The number of carbonyl (C=O) groups is 5. The predicted molar refractivity (Wildman–Crippen MR) is 464 cm³/mol. The number of hydrogen-bond acceptors (Lipinski definition) is 19. The largest absolute Gasteiger partial charge is 0.398 e. The van der Waals surface area contributed by atoms with E-state index in [9.17, 15) is 49.2 Å². The molecule has 8 N–H and O–H groups in total. The molecular formula is C83H74Cl4IN13O11S3. The lowest BCUT2D eigenvalue weighted by atomic mass is 10.1. The zero-order valence-corrected chi connectivity index (χ0v) is 70.1. The second kappa shape index (κ2) is 38.4. The minimum atomic E-state index is -3.51. The molecule has 2 atom stereocenters. The Balaban J connectivity index is 0.000000162. The van der Waals surface area contributed by atoms with Crippen LogP contribution in [0.5, 0.6) is 0 Å². The number of nitrogens with zero attached hydrogens (tertiary/aromatic N) is 6. The van der Waals surface area contributed by atoms with Crippen molar-refractivity contribution in [3.63, 3.8) is 0 Å². The van der Waals surface area contributed by atoms with Gasteiger partial charge in [-0.3, -0.25) is 43.9 Å². The third-order valence-corrected chi connectivity index (χ3v) is 22.7. The van der Waals surface area contributed by atoms with Crippen molar-refractivity contribution >= 4 is 168 Å². The molecule has 7 aromatic carbocycles. The Hall–Kier alpha value is -11.1. The maximum absolute atomic E-state index is 12.9. The van der Waals surface area contributed by atoms with E-state index in [0.717, 1.165) is 48.9 Å². The molecule has 12 aromatic rings. The van der Waals surface area contributed by atoms with Crippen molar-refractivity contribution in [2.75, 3.05) is 69.1 Å². The van der Waals surface area contributed by atoms with E-state index >= 15 is 0 Å². The molecule has 1 aliphatic heterocycles. The number of nitrogen functional groups attached to an aromatic ring is 1. The van der Waals surface area contributed by atoms with E-state index in [1.54, 1.807) is 110 Å². The Kier molecular flexibility index (Phi) is 28.8. The highest BCUT2D eigenvalue weighted by molar-refractivity contribution is 14.1. The van der Waals surface area contributed by atoms with Crippen LogP contribution in [0.1, 0.15) is 67.9 Å². The predicted octanol–water partition coefficient (Wildman–Crippen LogP) is 16.9. The van der Waals surface area contributed by atoms with E-state index in [4.69, 9.17) is 57.1 Å². The lowest BCUT2D eigenvalue weighted by molar-refractivity contribution is -0.114. The second-order valence-corrected chi connectivity index (χ2v) is 35.1. The Labute approximate surface area is 699 Å². The molecule has 0 saturated carbocycles.